The van der Waals surface area contributed by atoms with E-state index in [0.29, 0.717) is 61.2 Å². The Balaban J connectivity index is 1.59. The quantitative estimate of drug-likeness (QED) is 0.436. The Morgan fingerprint density at radius 2 is 1.78 bits per heavy atom. The SMILES string of the molecule is C[C@@H]1CCCC(=O)CCC/C=C/c2cc3c(c(O)c2C(=O)O1)[C@H](c1ccc2c(c1)OCO2)CC(=O)O3. The molecule has 0 aliphatic carbocycles. The molecule has 1 N–H and O–H groups in total. The number of rotatable bonds is 1. The predicted octanol–water partition coefficient (Wildman–Crippen LogP) is 5.04. The molecule has 0 bridgehead atoms. The van der Waals surface area contributed by atoms with Gasteiger partial charge in [-0.15, -0.1) is 0 Å². The lowest BCUT2D eigenvalue weighted by Crippen LogP contribution is -2.23. The van der Waals surface area contributed by atoms with Gasteiger partial charge in [0.15, 0.2) is 11.5 Å². The average Bonchev–Trinajstić information content (AvgIpc) is 3.30. The maximum Gasteiger partial charge on any atom is 0.342 e. The number of fused-ring (bicyclic) bond motifs is 3. The van der Waals surface area contributed by atoms with E-state index < -0.39 is 24.0 Å². The molecule has 0 saturated heterocycles. The Hall–Kier alpha value is -3.81. The summed E-state index contributed by atoms with van der Waals surface area (Å²) in [5, 5.41) is 11.5. The first-order chi connectivity index (χ1) is 17.4. The molecule has 0 spiro atoms. The van der Waals surface area contributed by atoms with Crippen molar-refractivity contribution in [3.05, 3.63) is 52.6 Å². The minimum absolute atomic E-state index is 0.00565. The molecule has 0 amide bonds. The van der Waals surface area contributed by atoms with Gasteiger partial charge in [0.05, 0.1) is 12.5 Å². The maximum absolute atomic E-state index is 13.3. The minimum Gasteiger partial charge on any atom is -0.507 e. The number of Topliss-reactive ketones (excluding diaryl/α,β-unsaturated/α-hetero) is 1. The number of ketones is 1. The molecule has 5 rings (SSSR count). The van der Waals surface area contributed by atoms with Gasteiger partial charge in [-0.1, -0.05) is 18.2 Å². The number of phenolic OH excluding ortho intramolecular Hbond substituents is 1. The number of benzene rings is 2. The van der Waals surface area contributed by atoms with E-state index in [1.807, 2.05) is 12.1 Å². The van der Waals surface area contributed by atoms with Crippen LogP contribution in [0.4, 0.5) is 0 Å². The van der Waals surface area contributed by atoms with Crippen LogP contribution in [0.3, 0.4) is 0 Å². The number of hydrogen-bond acceptors (Lipinski definition) is 8. The second kappa shape index (κ2) is 10.0. The van der Waals surface area contributed by atoms with Crippen molar-refractivity contribution in [3.63, 3.8) is 0 Å². The number of allylic oxidation sites excluding steroid dienone is 1. The standard InChI is InChI=1S/C28H28O8/c1-16-6-5-9-19(29)8-4-2-3-7-18-13-23-26(27(31)25(18)28(32)35-16)20(14-24(30)36-23)17-10-11-21-22(12-17)34-15-33-21/h3,7,10-13,16,20,31H,2,4-6,8-9,14-15H2,1H3/b7-3+/t16-,20+/m1/s1. The molecule has 0 unspecified atom stereocenters. The summed E-state index contributed by atoms with van der Waals surface area (Å²) in [5.74, 6) is -0.345. The summed E-state index contributed by atoms with van der Waals surface area (Å²) in [6, 6.07) is 6.95. The summed E-state index contributed by atoms with van der Waals surface area (Å²) in [7, 11) is 0. The lowest BCUT2D eigenvalue weighted by atomic mass is 9.83. The lowest BCUT2D eigenvalue weighted by molar-refractivity contribution is -0.135. The van der Waals surface area contributed by atoms with E-state index in [1.165, 1.54) is 0 Å². The third-order valence-corrected chi connectivity index (χ3v) is 6.78. The number of cyclic esters (lactones) is 1. The molecule has 0 saturated carbocycles. The normalized spacial score (nSPS) is 23.1. The van der Waals surface area contributed by atoms with Crippen molar-refractivity contribution in [3.8, 4) is 23.0 Å². The number of phenols is 1. The predicted molar refractivity (Wildman–Crippen MR) is 129 cm³/mol. The van der Waals surface area contributed by atoms with Crippen LogP contribution in [0, 0.1) is 0 Å². The van der Waals surface area contributed by atoms with E-state index in [2.05, 4.69) is 0 Å². The highest BCUT2D eigenvalue weighted by atomic mass is 16.7. The molecular weight excluding hydrogens is 464 g/mol. The topological polar surface area (TPSA) is 108 Å². The first-order valence-corrected chi connectivity index (χ1v) is 12.3. The Labute approximate surface area is 208 Å². The van der Waals surface area contributed by atoms with Crippen molar-refractivity contribution in [2.24, 2.45) is 0 Å². The van der Waals surface area contributed by atoms with Crippen molar-refractivity contribution >= 4 is 23.8 Å². The van der Waals surface area contributed by atoms with Crippen molar-refractivity contribution in [1.82, 2.24) is 0 Å². The smallest absolute Gasteiger partial charge is 0.342 e. The van der Waals surface area contributed by atoms with Gasteiger partial charge in [-0.3, -0.25) is 9.59 Å². The van der Waals surface area contributed by atoms with Crippen LogP contribution in [0.25, 0.3) is 6.08 Å². The van der Waals surface area contributed by atoms with Gasteiger partial charge in [0, 0.05) is 24.3 Å². The third-order valence-electron chi connectivity index (χ3n) is 6.78. The molecular formula is C28H28O8. The molecule has 2 aromatic carbocycles. The van der Waals surface area contributed by atoms with E-state index >= 15 is 0 Å². The van der Waals surface area contributed by atoms with Crippen LogP contribution < -0.4 is 14.2 Å². The van der Waals surface area contributed by atoms with Gasteiger partial charge in [-0.25, -0.2) is 4.79 Å². The van der Waals surface area contributed by atoms with Gasteiger partial charge < -0.3 is 24.1 Å². The fourth-order valence-corrected chi connectivity index (χ4v) is 4.93. The molecule has 3 aliphatic heterocycles. The minimum atomic E-state index is -0.660. The molecule has 3 aliphatic rings. The summed E-state index contributed by atoms with van der Waals surface area (Å²) in [5.41, 5.74) is 1.52. The van der Waals surface area contributed by atoms with Gasteiger partial charge in [0.1, 0.15) is 22.8 Å². The van der Waals surface area contributed by atoms with Crippen molar-refractivity contribution in [2.45, 2.75) is 63.9 Å². The summed E-state index contributed by atoms with van der Waals surface area (Å²) in [4.78, 5) is 37.9. The van der Waals surface area contributed by atoms with E-state index in [1.54, 1.807) is 31.2 Å². The summed E-state index contributed by atoms with van der Waals surface area (Å²) in [6.07, 6.45) is 6.59. The Morgan fingerprint density at radius 1 is 0.972 bits per heavy atom. The first kappa shape index (κ1) is 23.9. The Kier molecular flexibility index (Phi) is 6.67. The van der Waals surface area contributed by atoms with E-state index in [4.69, 9.17) is 18.9 Å². The number of esters is 2. The Morgan fingerprint density at radius 3 is 2.64 bits per heavy atom. The molecule has 36 heavy (non-hydrogen) atoms. The molecule has 188 valence electrons. The van der Waals surface area contributed by atoms with E-state index in [9.17, 15) is 19.5 Å². The number of carbonyl (C=O) groups excluding carboxylic acids is 3. The van der Waals surface area contributed by atoms with E-state index in [-0.39, 0.29) is 36.1 Å². The number of aromatic hydroxyl groups is 1. The van der Waals surface area contributed by atoms with Gasteiger partial charge in [0.2, 0.25) is 6.79 Å². The second-order valence-electron chi connectivity index (χ2n) is 9.39. The van der Waals surface area contributed by atoms with Crippen LogP contribution in [-0.4, -0.2) is 35.7 Å². The van der Waals surface area contributed by atoms with Crippen LogP contribution in [0.5, 0.6) is 23.0 Å². The highest BCUT2D eigenvalue weighted by Crippen LogP contribution is 2.48. The van der Waals surface area contributed by atoms with E-state index in [0.717, 1.165) is 5.56 Å². The van der Waals surface area contributed by atoms with Crippen LogP contribution in [-0.2, 0) is 14.3 Å². The number of hydrogen-bond donors (Lipinski definition) is 1. The highest BCUT2D eigenvalue weighted by Gasteiger charge is 2.36. The first-order valence-electron chi connectivity index (χ1n) is 12.3. The number of carbonyl (C=O) groups is 3. The zero-order chi connectivity index (χ0) is 25.2. The van der Waals surface area contributed by atoms with Crippen LogP contribution in [0.2, 0.25) is 0 Å². The van der Waals surface area contributed by atoms with Crippen LogP contribution in [0.1, 0.15) is 84.8 Å². The van der Waals surface area contributed by atoms with Crippen molar-refractivity contribution in [2.75, 3.05) is 6.79 Å². The molecule has 8 nitrogen and oxygen atoms in total. The summed E-state index contributed by atoms with van der Waals surface area (Å²) < 4.78 is 22.1. The third kappa shape index (κ3) is 4.80. The van der Waals surface area contributed by atoms with Crippen molar-refractivity contribution < 1.29 is 38.4 Å². The maximum atomic E-state index is 13.3. The molecule has 0 fully saturated rings. The van der Waals surface area contributed by atoms with Gasteiger partial charge in [0.25, 0.3) is 0 Å². The second-order valence-corrected chi connectivity index (χ2v) is 9.39. The largest absolute Gasteiger partial charge is 0.507 e. The average molecular weight is 493 g/mol. The fourth-order valence-electron chi connectivity index (χ4n) is 4.93. The van der Waals surface area contributed by atoms with Crippen LogP contribution in [0.15, 0.2) is 30.3 Å². The van der Waals surface area contributed by atoms with Crippen LogP contribution >= 0.6 is 0 Å². The molecule has 3 heterocycles. The van der Waals surface area contributed by atoms with Crippen molar-refractivity contribution in [1.29, 1.82) is 0 Å². The zero-order valence-electron chi connectivity index (χ0n) is 20.1. The summed E-state index contributed by atoms with van der Waals surface area (Å²) in [6.45, 7) is 1.89. The number of ether oxygens (including phenoxy) is 4. The Bertz CT molecular complexity index is 1240. The molecule has 2 atom stereocenters. The van der Waals surface area contributed by atoms with Gasteiger partial charge >= 0.3 is 11.9 Å². The molecule has 0 aromatic heterocycles. The van der Waals surface area contributed by atoms with Gasteiger partial charge in [-0.05, 0) is 61.9 Å². The fraction of sp³-hybridized carbons (Fsp3) is 0.393. The lowest BCUT2D eigenvalue weighted by Gasteiger charge is -2.27. The summed E-state index contributed by atoms with van der Waals surface area (Å²) >= 11 is 0. The van der Waals surface area contributed by atoms with Gasteiger partial charge in [-0.2, -0.15) is 0 Å². The molecule has 0 radical (unpaired) electrons. The highest BCUT2D eigenvalue weighted by molar-refractivity contribution is 5.98. The monoisotopic (exact) mass is 492 g/mol. The molecule has 2 aromatic rings. The molecule has 8 heteroatoms. The zero-order valence-corrected chi connectivity index (χ0v) is 20.1.